The Morgan fingerprint density at radius 3 is 2.54 bits per heavy atom. The first-order valence-electron chi connectivity index (χ1n) is 13.6. The fourth-order valence-corrected chi connectivity index (χ4v) is 5.75. The molecular weight excluding hydrogens is 543 g/mol. The van der Waals surface area contributed by atoms with Gasteiger partial charge in [0.1, 0.15) is 5.82 Å². The number of halogens is 1. The first kappa shape index (κ1) is 28.6. The lowest BCUT2D eigenvalue weighted by atomic mass is 9.85. The predicted molar refractivity (Wildman–Crippen MR) is 156 cm³/mol. The summed E-state index contributed by atoms with van der Waals surface area (Å²) in [5.74, 6) is 0.0866. The Hall–Kier alpha value is -3.89. The number of benzene rings is 3. The summed E-state index contributed by atoms with van der Waals surface area (Å²) in [7, 11) is -2.18. The van der Waals surface area contributed by atoms with Crippen molar-refractivity contribution >= 4 is 21.5 Å². The van der Waals surface area contributed by atoms with Crippen molar-refractivity contribution in [3.63, 3.8) is 0 Å². The molecule has 1 saturated heterocycles. The second kappa shape index (κ2) is 11.9. The van der Waals surface area contributed by atoms with Crippen molar-refractivity contribution in [1.29, 1.82) is 0 Å². The van der Waals surface area contributed by atoms with Gasteiger partial charge in [0.15, 0.2) is 5.78 Å². The van der Waals surface area contributed by atoms with Crippen LogP contribution in [0.2, 0.25) is 0 Å². The largest absolute Gasteiger partial charge is 0.419 e. The van der Waals surface area contributed by atoms with Gasteiger partial charge in [-0.15, -0.1) is 10.2 Å². The normalized spacial score (nSPS) is 18.1. The summed E-state index contributed by atoms with van der Waals surface area (Å²) < 4.78 is 45.4. The highest BCUT2D eigenvalue weighted by molar-refractivity contribution is 7.92. The van der Waals surface area contributed by atoms with Gasteiger partial charge in [0, 0.05) is 30.5 Å². The predicted octanol–water partition coefficient (Wildman–Crippen LogP) is 5.86. The Balaban J connectivity index is 1.47. The van der Waals surface area contributed by atoms with Crippen molar-refractivity contribution in [3.8, 4) is 11.5 Å². The Labute approximate surface area is 239 Å². The molecule has 0 amide bonds. The molecule has 1 N–H and O–H groups in total. The molecule has 41 heavy (non-hydrogen) atoms. The summed E-state index contributed by atoms with van der Waals surface area (Å²) in [6.07, 6.45) is 3.25. The second-order valence-corrected chi connectivity index (χ2v) is 12.6. The average molecular weight is 577 g/mol. The van der Waals surface area contributed by atoms with Crippen LogP contribution in [0.3, 0.4) is 0 Å². The monoisotopic (exact) mass is 576 g/mol. The number of sulfonamides is 1. The lowest BCUT2D eigenvalue weighted by Crippen LogP contribution is -2.33. The Morgan fingerprint density at radius 1 is 1.10 bits per heavy atom. The van der Waals surface area contributed by atoms with E-state index in [0.29, 0.717) is 22.7 Å². The molecule has 1 fully saturated rings. The van der Waals surface area contributed by atoms with Crippen LogP contribution in [-0.4, -0.2) is 44.2 Å². The zero-order valence-electron chi connectivity index (χ0n) is 23.2. The van der Waals surface area contributed by atoms with Gasteiger partial charge in [0.2, 0.25) is 21.8 Å². The van der Waals surface area contributed by atoms with Crippen LogP contribution in [0, 0.1) is 5.82 Å². The molecule has 0 saturated carbocycles. The first-order chi connectivity index (χ1) is 19.6. The smallest absolute Gasteiger partial charge is 0.247 e. The molecule has 0 spiro atoms. The minimum atomic E-state index is -3.61. The molecule has 4 aromatic rings. The molecule has 2 unspecified atom stereocenters. The molecule has 1 aliphatic rings. The number of anilines is 1. The van der Waals surface area contributed by atoms with Gasteiger partial charge >= 0.3 is 0 Å². The van der Waals surface area contributed by atoms with Gasteiger partial charge in [-0.3, -0.25) is 9.10 Å². The SMILES string of the molecule is C[C@@H](CC(=O)c1cc(-c2nnc(C3NCCCC3c3ccccc3)o2)cc(N(C)S(C)(=O)=O)c1)c1ccc(F)cc1. The van der Waals surface area contributed by atoms with Gasteiger partial charge in [-0.25, -0.2) is 12.8 Å². The van der Waals surface area contributed by atoms with Crippen LogP contribution in [0.25, 0.3) is 11.5 Å². The van der Waals surface area contributed by atoms with Crippen LogP contribution < -0.4 is 9.62 Å². The summed E-state index contributed by atoms with van der Waals surface area (Å²) in [5, 5.41) is 12.2. The number of Topliss-reactive ketones (excluding diaryl/α,β-unsaturated/α-hetero) is 1. The van der Waals surface area contributed by atoms with Crippen molar-refractivity contribution in [2.24, 2.45) is 0 Å². The number of nitrogens with one attached hydrogen (secondary N) is 1. The lowest BCUT2D eigenvalue weighted by molar-refractivity contribution is 0.0975. The van der Waals surface area contributed by atoms with E-state index >= 15 is 0 Å². The fourth-order valence-electron chi connectivity index (χ4n) is 5.26. The van der Waals surface area contributed by atoms with E-state index in [4.69, 9.17) is 4.42 Å². The number of hydrogen-bond donors (Lipinski definition) is 1. The maximum absolute atomic E-state index is 13.4. The number of piperidine rings is 1. The van der Waals surface area contributed by atoms with Crippen molar-refractivity contribution in [1.82, 2.24) is 15.5 Å². The van der Waals surface area contributed by atoms with Crippen molar-refractivity contribution in [2.45, 2.75) is 44.1 Å². The zero-order chi connectivity index (χ0) is 29.1. The highest BCUT2D eigenvalue weighted by Gasteiger charge is 2.32. The van der Waals surface area contributed by atoms with Gasteiger partial charge in [0.25, 0.3) is 0 Å². The molecule has 0 radical (unpaired) electrons. The molecule has 5 rings (SSSR count). The Bertz CT molecular complexity index is 1620. The number of carbonyl (C=O) groups excluding carboxylic acids is 1. The van der Waals surface area contributed by atoms with Gasteiger partial charge in [-0.2, -0.15) is 0 Å². The zero-order valence-corrected chi connectivity index (χ0v) is 24.1. The topological polar surface area (TPSA) is 105 Å². The van der Waals surface area contributed by atoms with E-state index in [1.165, 1.54) is 24.7 Å². The number of aromatic nitrogens is 2. The third-order valence-corrected chi connectivity index (χ3v) is 8.88. The average Bonchev–Trinajstić information content (AvgIpc) is 3.47. The molecule has 8 nitrogen and oxygen atoms in total. The maximum atomic E-state index is 13.4. The number of carbonyl (C=O) groups is 1. The molecule has 1 aromatic heterocycles. The van der Waals surface area contributed by atoms with Crippen molar-refractivity contribution in [2.75, 3.05) is 24.2 Å². The number of nitrogens with zero attached hydrogens (tertiary/aromatic N) is 3. The van der Waals surface area contributed by atoms with Crippen LogP contribution in [0.15, 0.2) is 77.2 Å². The van der Waals surface area contributed by atoms with Crippen LogP contribution in [0.1, 0.15) is 71.4 Å². The molecule has 1 aliphatic heterocycles. The Morgan fingerprint density at radius 2 is 1.83 bits per heavy atom. The lowest BCUT2D eigenvalue weighted by Gasteiger charge is -2.30. The molecular formula is C31H33FN4O4S. The molecule has 10 heteroatoms. The van der Waals surface area contributed by atoms with Crippen LogP contribution in [0.4, 0.5) is 10.1 Å². The molecule has 3 atom stereocenters. The van der Waals surface area contributed by atoms with Crippen molar-refractivity contribution in [3.05, 3.63) is 101 Å². The van der Waals surface area contributed by atoms with Crippen LogP contribution in [-0.2, 0) is 10.0 Å². The van der Waals surface area contributed by atoms with Gasteiger partial charge in [-0.05, 0) is 66.8 Å². The fraction of sp³-hybridized carbons (Fsp3) is 0.323. The van der Waals surface area contributed by atoms with E-state index in [9.17, 15) is 17.6 Å². The van der Waals surface area contributed by atoms with E-state index in [1.54, 1.807) is 30.3 Å². The number of rotatable bonds is 9. The van der Waals surface area contributed by atoms with E-state index in [1.807, 2.05) is 25.1 Å². The quantitative estimate of drug-likeness (QED) is 0.249. The minimum Gasteiger partial charge on any atom is -0.419 e. The van der Waals surface area contributed by atoms with E-state index in [0.717, 1.165) is 35.5 Å². The van der Waals surface area contributed by atoms with Gasteiger partial charge in [0.05, 0.1) is 18.0 Å². The summed E-state index contributed by atoms with van der Waals surface area (Å²) in [4.78, 5) is 13.4. The third kappa shape index (κ3) is 6.55. The standard InChI is InChI=1S/C31H33FN4O4S/c1-20(21-11-13-25(32)14-12-21)16-28(37)23-17-24(19-26(18-23)36(2)41(3,38)39)30-34-35-31(40-30)29-27(10-7-15-33-29)22-8-5-4-6-9-22/h4-6,8-9,11-14,17-20,27,29,33H,7,10,15-16H2,1-3H3/t20-,27?,29?/m0/s1. The van der Waals surface area contributed by atoms with E-state index < -0.39 is 10.0 Å². The highest BCUT2D eigenvalue weighted by Crippen LogP contribution is 2.38. The van der Waals surface area contributed by atoms with Crippen LogP contribution in [0.5, 0.6) is 0 Å². The maximum Gasteiger partial charge on any atom is 0.247 e. The summed E-state index contributed by atoms with van der Waals surface area (Å²) >= 11 is 0. The molecule has 0 bridgehead atoms. The molecule has 3 aromatic carbocycles. The van der Waals surface area contributed by atoms with Gasteiger partial charge in [-0.1, -0.05) is 49.4 Å². The minimum absolute atomic E-state index is 0.150. The molecule has 0 aliphatic carbocycles. The molecule has 2 heterocycles. The van der Waals surface area contributed by atoms with Crippen molar-refractivity contribution < 1.29 is 22.0 Å². The van der Waals surface area contributed by atoms with Crippen LogP contribution >= 0.6 is 0 Å². The van der Waals surface area contributed by atoms with E-state index in [2.05, 4.69) is 27.6 Å². The second-order valence-electron chi connectivity index (χ2n) is 10.6. The Kier molecular flexibility index (Phi) is 8.32. The summed E-state index contributed by atoms with van der Waals surface area (Å²) in [6, 6.07) is 20.9. The number of ketones is 1. The van der Waals surface area contributed by atoms with E-state index in [-0.39, 0.29) is 41.8 Å². The first-order valence-corrected chi connectivity index (χ1v) is 15.4. The highest BCUT2D eigenvalue weighted by atomic mass is 32.2. The molecule has 214 valence electrons. The third-order valence-electron chi connectivity index (χ3n) is 7.67. The summed E-state index contributed by atoms with van der Waals surface area (Å²) in [6.45, 7) is 2.72. The summed E-state index contributed by atoms with van der Waals surface area (Å²) in [5.41, 5.74) is 3.09. The van der Waals surface area contributed by atoms with Gasteiger partial charge < -0.3 is 9.73 Å². The number of hydrogen-bond acceptors (Lipinski definition) is 7.